The summed E-state index contributed by atoms with van der Waals surface area (Å²) in [4.78, 5) is 27.4. The molecule has 1 rings (SSSR count). The van der Waals surface area contributed by atoms with E-state index in [9.17, 15) is 23.7 Å². The maximum Gasteiger partial charge on any atom is 0.494 e. The molecule has 0 saturated carbocycles. The van der Waals surface area contributed by atoms with Crippen molar-refractivity contribution in [3.63, 3.8) is 0 Å². The molecule has 0 saturated heterocycles. The lowest BCUT2D eigenvalue weighted by molar-refractivity contribution is -0.394. The van der Waals surface area contributed by atoms with Gasteiger partial charge in [-0.25, -0.2) is 4.79 Å². The lowest BCUT2D eigenvalue weighted by atomic mass is 10.3. The number of hydrogen-bond donors (Lipinski definition) is 0. The number of carbonyl (C=O) groups excluding carboxylic acids is 1. The maximum absolute atomic E-state index is 12.7. The van der Waals surface area contributed by atoms with E-state index in [1.807, 2.05) is 0 Å². The van der Waals surface area contributed by atoms with Gasteiger partial charge in [0.2, 0.25) is 6.33 Å². The Morgan fingerprint density at radius 2 is 2.38 bits per heavy atom. The number of carbonyl (C=O) groups is 1. The van der Waals surface area contributed by atoms with Crippen molar-refractivity contribution < 1.29 is 23.3 Å². The predicted octanol–water partition coefficient (Wildman–Crippen LogP) is 0.187. The van der Waals surface area contributed by atoms with Crippen molar-refractivity contribution in [1.29, 1.82) is 0 Å². The molecule has 16 heavy (non-hydrogen) atoms. The van der Waals surface area contributed by atoms with Gasteiger partial charge < -0.3 is 10.1 Å². The first-order valence-electron chi connectivity index (χ1n) is 4.03. The number of hydrogen-bond acceptors (Lipinski definition) is 6. The Bertz CT molecular complexity index is 418. The van der Waals surface area contributed by atoms with Gasteiger partial charge in [0.25, 0.3) is 0 Å². The summed E-state index contributed by atoms with van der Waals surface area (Å²) < 4.78 is 25.5. The summed E-state index contributed by atoms with van der Waals surface area (Å²) in [5.74, 6) is -6.37. The molecule has 0 aliphatic rings. The third kappa shape index (κ3) is 2.46. The van der Waals surface area contributed by atoms with E-state index in [4.69, 9.17) is 0 Å². The smallest absolute Gasteiger partial charge is 0.390 e. The first kappa shape index (κ1) is 11.9. The Morgan fingerprint density at radius 1 is 1.75 bits per heavy atom. The van der Waals surface area contributed by atoms with Gasteiger partial charge in [-0.1, -0.05) is 6.92 Å². The van der Waals surface area contributed by atoms with Crippen molar-refractivity contribution in [2.45, 2.75) is 19.3 Å². The normalized spacial score (nSPS) is 11.2. The molecule has 0 aliphatic heterocycles. The van der Waals surface area contributed by atoms with Gasteiger partial charge in [0, 0.05) is 11.3 Å². The molecule has 0 unspecified atom stereocenters. The van der Waals surface area contributed by atoms with Crippen LogP contribution in [0.5, 0.6) is 0 Å². The Kier molecular flexibility index (Phi) is 3.11. The van der Waals surface area contributed by atoms with Gasteiger partial charge >= 0.3 is 17.8 Å². The van der Waals surface area contributed by atoms with Crippen molar-refractivity contribution in [1.82, 2.24) is 14.9 Å². The molecule has 1 aromatic heterocycles. The molecule has 0 bridgehead atoms. The zero-order valence-electron chi connectivity index (χ0n) is 7.96. The molecule has 10 heteroatoms. The molecule has 1 heterocycles. The Labute approximate surface area is 86.9 Å². The summed E-state index contributed by atoms with van der Waals surface area (Å²) in [6, 6.07) is 0. The van der Waals surface area contributed by atoms with E-state index in [0.29, 0.717) is 6.33 Å². The third-order valence-corrected chi connectivity index (χ3v) is 1.54. The highest BCUT2D eigenvalue weighted by Crippen LogP contribution is 2.18. The monoisotopic (exact) mass is 236 g/mol. The van der Waals surface area contributed by atoms with Crippen LogP contribution in [-0.2, 0) is 4.79 Å². The summed E-state index contributed by atoms with van der Waals surface area (Å²) in [7, 11) is 0. The first-order valence-corrected chi connectivity index (χ1v) is 4.03. The SMILES string of the molecule is CCC(F)(F)C(=O)On1cnc([N+](=O)[O-])n1. The summed E-state index contributed by atoms with van der Waals surface area (Å²) in [5.41, 5.74) is 0. The molecule has 0 aliphatic carbocycles. The van der Waals surface area contributed by atoms with E-state index in [1.165, 1.54) is 0 Å². The van der Waals surface area contributed by atoms with Crippen molar-refractivity contribution in [2.75, 3.05) is 0 Å². The van der Waals surface area contributed by atoms with Crippen molar-refractivity contribution in [3.05, 3.63) is 16.4 Å². The van der Waals surface area contributed by atoms with Crippen LogP contribution in [0, 0.1) is 10.1 Å². The van der Waals surface area contributed by atoms with Crippen LogP contribution in [0.1, 0.15) is 13.3 Å². The van der Waals surface area contributed by atoms with E-state index >= 15 is 0 Å². The molecule has 0 amide bonds. The minimum Gasteiger partial charge on any atom is -0.390 e. The van der Waals surface area contributed by atoms with Crippen molar-refractivity contribution in [2.24, 2.45) is 0 Å². The summed E-state index contributed by atoms with van der Waals surface area (Å²) in [6.45, 7) is 1.09. The Morgan fingerprint density at radius 3 is 2.81 bits per heavy atom. The topological polar surface area (TPSA) is 100 Å². The fraction of sp³-hybridized carbons (Fsp3) is 0.500. The van der Waals surface area contributed by atoms with E-state index in [-0.39, 0.29) is 4.85 Å². The van der Waals surface area contributed by atoms with Gasteiger partial charge in [-0.2, -0.15) is 8.78 Å². The Hall–Kier alpha value is -2.13. The van der Waals surface area contributed by atoms with Gasteiger partial charge in [-0.3, -0.25) is 4.84 Å². The number of nitro groups is 1. The van der Waals surface area contributed by atoms with Crippen LogP contribution in [0.2, 0.25) is 0 Å². The molecule has 0 radical (unpaired) electrons. The third-order valence-electron chi connectivity index (χ3n) is 1.54. The fourth-order valence-corrected chi connectivity index (χ4v) is 0.665. The van der Waals surface area contributed by atoms with E-state index < -0.39 is 29.2 Å². The number of alkyl halides is 2. The number of aromatic nitrogens is 3. The minimum atomic E-state index is -3.67. The average Bonchev–Trinajstić information content (AvgIpc) is 2.66. The second-order valence-electron chi connectivity index (χ2n) is 2.64. The molecule has 0 N–H and O–H groups in total. The van der Waals surface area contributed by atoms with Crippen LogP contribution in [0.3, 0.4) is 0 Å². The second-order valence-corrected chi connectivity index (χ2v) is 2.64. The molecule has 0 atom stereocenters. The van der Waals surface area contributed by atoms with E-state index in [0.717, 1.165) is 6.92 Å². The maximum atomic E-state index is 12.7. The quantitative estimate of drug-likeness (QED) is 0.546. The van der Waals surface area contributed by atoms with Gasteiger partial charge in [0.15, 0.2) is 0 Å². The largest absolute Gasteiger partial charge is 0.494 e. The van der Waals surface area contributed by atoms with Gasteiger partial charge in [-0.15, -0.1) is 0 Å². The molecule has 0 spiro atoms. The molecule has 1 aromatic rings. The number of halogens is 2. The van der Waals surface area contributed by atoms with Crippen molar-refractivity contribution in [3.8, 4) is 0 Å². The zero-order chi connectivity index (χ0) is 12.3. The molecule has 0 fully saturated rings. The van der Waals surface area contributed by atoms with Crippen LogP contribution in [0.4, 0.5) is 14.7 Å². The molecule has 88 valence electrons. The standard InChI is InChI=1S/C6H6F2N4O4/c1-2-6(7,8)4(13)16-11-3-9-5(10-11)12(14)15/h3H,2H2,1H3. The summed E-state index contributed by atoms with van der Waals surface area (Å²) in [5, 5.41) is 13.2. The summed E-state index contributed by atoms with van der Waals surface area (Å²) in [6.07, 6.45) is -0.107. The predicted molar refractivity (Wildman–Crippen MR) is 43.5 cm³/mol. The lowest BCUT2D eigenvalue weighted by Gasteiger charge is -2.09. The fourth-order valence-electron chi connectivity index (χ4n) is 0.665. The zero-order valence-corrected chi connectivity index (χ0v) is 7.96. The van der Waals surface area contributed by atoms with Gasteiger partial charge in [0.1, 0.15) is 0 Å². The van der Waals surface area contributed by atoms with Crippen LogP contribution in [0.25, 0.3) is 0 Å². The molecule has 0 aromatic carbocycles. The molecule has 8 nitrogen and oxygen atoms in total. The highest BCUT2D eigenvalue weighted by molar-refractivity contribution is 5.77. The van der Waals surface area contributed by atoms with E-state index in [2.05, 4.69) is 14.9 Å². The van der Waals surface area contributed by atoms with Crippen molar-refractivity contribution >= 4 is 11.9 Å². The first-order chi connectivity index (χ1) is 7.36. The van der Waals surface area contributed by atoms with E-state index in [1.54, 1.807) is 0 Å². The number of rotatable bonds is 4. The van der Waals surface area contributed by atoms with Gasteiger partial charge in [0.05, 0.1) is 5.10 Å². The van der Waals surface area contributed by atoms with Crippen LogP contribution in [-0.4, -0.2) is 31.7 Å². The number of nitrogens with zero attached hydrogens (tertiary/aromatic N) is 4. The van der Waals surface area contributed by atoms with Crippen LogP contribution >= 0.6 is 0 Å². The highest BCUT2D eigenvalue weighted by atomic mass is 19.3. The minimum absolute atomic E-state index is 0.212. The Balaban J connectivity index is 2.74. The molecular weight excluding hydrogens is 230 g/mol. The molecular formula is C6H6F2N4O4. The second kappa shape index (κ2) is 4.16. The lowest BCUT2D eigenvalue weighted by Crippen LogP contribution is -2.36. The van der Waals surface area contributed by atoms with Crippen LogP contribution in [0.15, 0.2) is 6.33 Å². The average molecular weight is 236 g/mol. The highest BCUT2D eigenvalue weighted by Gasteiger charge is 2.40. The summed E-state index contributed by atoms with van der Waals surface area (Å²) >= 11 is 0. The van der Waals surface area contributed by atoms with Crippen LogP contribution < -0.4 is 4.84 Å². The van der Waals surface area contributed by atoms with Gasteiger partial charge in [-0.05, 0) is 9.91 Å².